The van der Waals surface area contributed by atoms with E-state index in [1.807, 2.05) is 21.1 Å². The average molecular weight is 433 g/mol. The molecule has 0 aliphatic heterocycles. The highest BCUT2D eigenvalue weighted by molar-refractivity contribution is 7.85. The Morgan fingerprint density at radius 2 is 1.14 bits per heavy atom. The molecule has 28 heavy (non-hydrogen) atoms. The van der Waals surface area contributed by atoms with Gasteiger partial charge in [-0.1, -0.05) is 0 Å². The van der Waals surface area contributed by atoms with Gasteiger partial charge in [-0.3, -0.25) is 4.55 Å². The van der Waals surface area contributed by atoms with E-state index in [0.29, 0.717) is 60.8 Å². The molecule has 0 saturated heterocycles. The van der Waals surface area contributed by atoms with Crippen molar-refractivity contribution in [1.82, 2.24) is 0 Å². The zero-order chi connectivity index (χ0) is 22.3. The fourth-order valence-corrected chi connectivity index (χ4v) is 3.37. The maximum Gasteiger partial charge on any atom is 0.359 e. The third kappa shape index (κ3) is 19.9. The summed E-state index contributed by atoms with van der Waals surface area (Å²) < 4.78 is 31.4. The maximum absolute atomic E-state index is 10.8. The minimum absolute atomic E-state index is 0.0521. The van der Waals surface area contributed by atoms with Gasteiger partial charge in [-0.05, 0) is 0 Å². The Kier molecular flexibility index (Phi) is 15.8. The predicted molar refractivity (Wildman–Crippen MR) is 106 cm³/mol. The van der Waals surface area contributed by atoms with Crippen LogP contribution in [-0.2, 0) is 14.9 Å². The standard InChI is InChI=1S/C12H27NO6S.C5H11NO2/c14-9-1-5-13(6-2-10-15,7-3-11-16)8-4-12-20(17,18)19;1-6(2,3)4-5(7)8/h14-16H,1-12H2;4H2,1-3H3/p+2. The first-order valence-electron chi connectivity index (χ1n) is 9.46. The first kappa shape index (κ1) is 29.4. The van der Waals surface area contributed by atoms with Gasteiger partial charge in [-0.15, -0.1) is 0 Å². The molecule has 170 valence electrons. The number of aliphatic hydroxyl groups is 3. The van der Waals surface area contributed by atoms with Crippen LogP contribution in [0.4, 0.5) is 0 Å². The van der Waals surface area contributed by atoms with Crippen molar-refractivity contribution in [2.45, 2.75) is 25.7 Å². The van der Waals surface area contributed by atoms with Gasteiger partial charge >= 0.3 is 5.97 Å². The smallest absolute Gasteiger partial charge is 0.359 e. The molecule has 5 N–H and O–H groups in total. The SMILES string of the molecule is C[N+](C)(C)CC(=O)O.O=S(=O)(O)CCC[N+](CCCO)(CCCO)CCCO. The Bertz CT molecular complexity index is 484. The molecule has 0 aliphatic rings. The number of nitrogens with zero attached hydrogens (tertiary/aromatic N) is 2. The number of carboxylic acids is 1. The second-order valence-corrected chi connectivity index (χ2v) is 9.52. The van der Waals surface area contributed by atoms with Crippen molar-refractivity contribution < 1.29 is 47.2 Å². The van der Waals surface area contributed by atoms with Gasteiger partial charge in [0, 0.05) is 45.5 Å². The lowest BCUT2D eigenvalue weighted by atomic mass is 10.2. The molecule has 0 aliphatic carbocycles. The van der Waals surface area contributed by atoms with Crippen LogP contribution in [0.2, 0.25) is 0 Å². The summed E-state index contributed by atoms with van der Waals surface area (Å²) in [5.41, 5.74) is 0. The fraction of sp³-hybridized carbons (Fsp3) is 0.941. The Balaban J connectivity index is 0. The fourth-order valence-electron chi connectivity index (χ4n) is 2.88. The molecule has 0 atom stereocenters. The van der Waals surface area contributed by atoms with Crippen LogP contribution < -0.4 is 0 Å². The Hall–Kier alpha value is -0.820. The molecule has 0 heterocycles. The number of aliphatic hydroxyl groups excluding tert-OH is 3. The van der Waals surface area contributed by atoms with E-state index in [9.17, 15) is 13.2 Å². The lowest BCUT2D eigenvalue weighted by Crippen LogP contribution is -2.51. The van der Waals surface area contributed by atoms with E-state index < -0.39 is 16.1 Å². The van der Waals surface area contributed by atoms with Gasteiger partial charge in [-0.25, -0.2) is 4.79 Å². The number of rotatable bonds is 15. The van der Waals surface area contributed by atoms with Crippen molar-refractivity contribution in [2.24, 2.45) is 0 Å². The van der Waals surface area contributed by atoms with Crippen molar-refractivity contribution in [1.29, 1.82) is 0 Å². The van der Waals surface area contributed by atoms with Crippen LogP contribution in [0, 0.1) is 0 Å². The number of hydrogen-bond acceptors (Lipinski definition) is 6. The molecule has 0 rings (SSSR count). The van der Waals surface area contributed by atoms with Crippen molar-refractivity contribution in [3.63, 3.8) is 0 Å². The summed E-state index contributed by atoms with van der Waals surface area (Å²) in [6.45, 7) is 2.88. The van der Waals surface area contributed by atoms with E-state index in [2.05, 4.69) is 0 Å². The van der Waals surface area contributed by atoms with Crippen molar-refractivity contribution in [2.75, 3.05) is 79.4 Å². The summed E-state index contributed by atoms with van der Waals surface area (Å²) in [5, 5.41) is 35.2. The Labute approximate surface area is 168 Å². The molecule has 0 aromatic carbocycles. The largest absolute Gasteiger partial charge is 0.477 e. The molecule has 0 saturated carbocycles. The molecular weight excluding hydrogens is 392 g/mol. The van der Waals surface area contributed by atoms with Crippen LogP contribution >= 0.6 is 0 Å². The monoisotopic (exact) mass is 432 g/mol. The highest BCUT2D eigenvalue weighted by atomic mass is 32.2. The number of carboxylic acid groups (broad SMARTS) is 1. The predicted octanol–water partition coefficient (Wildman–Crippen LogP) is -0.994. The highest BCUT2D eigenvalue weighted by Gasteiger charge is 2.26. The minimum atomic E-state index is -3.97. The van der Waals surface area contributed by atoms with Gasteiger partial charge in [0.1, 0.15) is 0 Å². The summed E-state index contributed by atoms with van der Waals surface area (Å²) in [4.78, 5) is 10.00. The van der Waals surface area contributed by atoms with Gasteiger partial charge < -0.3 is 29.4 Å². The van der Waals surface area contributed by atoms with Crippen LogP contribution in [0.25, 0.3) is 0 Å². The zero-order valence-electron chi connectivity index (χ0n) is 17.5. The third-order valence-electron chi connectivity index (χ3n) is 4.02. The van der Waals surface area contributed by atoms with Gasteiger partial charge in [0.2, 0.25) is 0 Å². The normalized spacial score (nSPS) is 12.4. The molecule has 11 heteroatoms. The number of carbonyl (C=O) groups is 1. The Morgan fingerprint density at radius 1 is 0.786 bits per heavy atom. The molecular formula is C17H40N2O8S+2. The van der Waals surface area contributed by atoms with Gasteiger partial charge in [0.15, 0.2) is 6.54 Å². The van der Waals surface area contributed by atoms with Gasteiger partial charge in [-0.2, -0.15) is 8.42 Å². The minimum Gasteiger partial charge on any atom is -0.477 e. The number of quaternary nitrogens is 2. The molecule has 0 aromatic heterocycles. The van der Waals surface area contributed by atoms with E-state index in [1.54, 1.807) is 0 Å². The topological polar surface area (TPSA) is 152 Å². The molecule has 0 fully saturated rings. The quantitative estimate of drug-likeness (QED) is 0.163. The molecule has 0 radical (unpaired) electrons. The molecule has 0 amide bonds. The summed E-state index contributed by atoms with van der Waals surface area (Å²) in [6, 6.07) is 0. The maximum atomic E-state index is 10.8. The first-order valence-corrected chi connectivity index (χ1v) is 11.1. The van der Waals surface area contributed by atoms with E-state index in [0.717, 1.165) is 0 Å². The summed E-state index contributed by atoms with van der Waals surface area (Å²) in [5.74, 6) is -1.04. The third-order valence-corrected chi connectivity index (χ3v) is 4.82. The molecule has 0 bridgehead atoms. The molecule has 0 spiro atoms. The first-order chi connectivity index (χ1) is 12.8. The van der Waals surface area contributed by atoms with Crippen LogP contribution in [-0.4, -0.2) is 128 Å². The summed E-state index contributed by atoms with van der Waals surface area (Å²) in [7, 11) is 1.56. The summed E-state index contributed by atoms with van der Waals surface area (Å²) >= 11 is 0. The lowest BCUT2D eigenvalue weighted by Gasteiger charge is -2.39. The Morgan fingerprint density at radius 3 is 1.36 bits per heavy atom. The lowest BCUT2D eigenvalue weighted by molar-refractivity contribution is -0.928. The zero-order valence-corrected chi connectivity index (χ0v) is 18.3. The van der Waals surface area contributed by atoms with Crippen LogP contribution in [0.3, 0.4) is 0 Å². The van der Waals surface area contributed by atoms with Crippen LogP contribution in [0.15, 0.2) is 0 Å². The number of hydrogen-bond donors (Lipinski definition) is 5. The van der Waals surface area contributed by atoms with Gasteiger partial charge in [0.25, 0.3) is 10.1 Å². The molecule has 10 nitrogen and oxygen atoms in total. The average Bonchev–Trinajstić information content (AvgIpc) is 2.53. The van der Waals surface area contributed by atoms with Crippen LogP contribution in [0.1, 0.15) is 25.7 Å². The van der Waals surface area contributed by atoms with Gasteiger partial charge in [0.05, 0.1) is 53.1 Å². The number of aliphatic carboxylic acids is 1. The van der Waals surface area contributed by atoms with E-state index in [-0.39, 0.29) is 32.1 Å². The van der Waals surface area contributed by atoms with Crippen molar-refractivity contribution in [3.05, 3.63) is 0 Å². The highest BCUT2D eigenvalue weighted by Crippen LogP contribution is 2.13. The van der Waals surface area contributed by atoms with E-state index >= 15 is 0 Å². The van der Waals surface area contributed by atoms with Crippen LogP contribution in [0.5, 0.6) is 0 Å². The van der Waals surface area contributed by atoms with E-state index in [4.69, 9.17) is 25.0 Å². The van der Waals surface area contributed by atoms with Crippen molar-refractivity contribution in [3.8, 4) is 0 Å². The molecule has 0 aromatic rings. The molecule has 0 unspecified atom stereocenters. The second-order valence-electron chi connectivity index (χ2n) is 7.95. The van der Waals surface area contributed by atoms with Crippen molar-refractivity contribution >= 4 is 16.1 Å². The summed E-state index contributed by atoms with van der Waals surface area (Å²) in [6.07, 6.45) is 2.08. The second kappa shape index (κ2) is 15.1. The van der Waals surface area contributed by atoms with E-state index in [1.165, 1.54) is 0 Å². The number of likely N-dealkylation sites (N-methyl/N-ethyl adjacent to an activating group) is 1.